The summed E-state index contributed by atoms with van der Waals surface area (Å²) in [5.74, 6) is 1.46. The summed E-state index contributed by atoms with van der Waals surface area (Å²) < 4.78 is 0. The number of likely N-dealkylation sites (N-methyl/N-ethyl adjacent to an activating group) is 1. The third-order valence-electron chi connectivity index (χ3n) is 5.14. The van der Waals surface area contributed by atoms with Crippen molar-refractivity contribution < 1.29 is 0 Å². The van der Waals surface area contributed by atoms with Gasteiger partial charge in [0.25, 0.3) is 0 Å². The molecule has 0 radical (unpaired) electrons. The van der Waals surface area contributed by atoms with Crippen molar-refractivity contribution in [1.29, 1.82) is 0 Å². The molecule has 140 valence electrons. The van der Waals surface area contributed by atoms with Crippen LogP contribution in [0.3, 0.4) is 0 Å². The van der Waals surface area contributed by atoms with Crippen molar-refractivity contribution in [2.75, 3.05) is 43.4 Å². The summed E-state index contributed by atoms with van der Waals surface area (Å²) in [5, 5.41) is 3.45. The van der Waals surface area contributed by atoms with Gasteiger partial charge in [-0.05, 0) is 37.6 Å². The number of nitrogens with one attached hydrogen (secondary N) is 1. The third kappa shape index (κ3) is 3.83. The van der Waals surface area contributed by atoms with Gasteiger partial charge in [0.1, 0.15) is 0 Å². The highest BCUT2D eigenvalue weighted by Gasteiger charge is 2.19. The largest absolute Gasteiger partial charge is 0.364 e. The minimum Gasteiger partial charge on any atom is -0.364 e. The smallest absolute Gasteiger partial charge is 0.229 e. The lowest BCUT2D eigenvalue weighted by Crippen LogP contribution is -2.45. The zero-order valence-corrected chi connectivity index (χ0v) is 16.1. The van der Waals surface area contributed by atoms with Gasteiger partial charge in [-0.3, -0.25) is 0 Å². The molecule has 4 rings (SSSR count). The van der Waals surface area contributed by atoms with E-state index in [0.717, 1.165) is 37.9 Å². The number of hydrogen-bond donors (Lipinski definition) is 1. The Morgan fingerprint density at radius 2 is 1.74 bits per heavy atom. The molecule has 3 aromatic rings. The molecule has 0 aliphatic carbocycles. The van der Waals surface area contributed by atoms with E-state index >= 15 is 0 Å². The van der Waals surface area contributed by atoms with E-state index in [2.05, 4.69) is 69.2 Å². The number of aromatic nitrogens is 4. The van der Waals surface area contributed by atoms with Crippen LogP contribution in [0.25, 0.3) is 11.2 Å². The lowest BCUT2D eigenvalue weighted by Gasteiger charge is -2.32. The summed E-state index contributed by atoms with van der Waals surface area (Å²) in [5.41, 5.74) is 5.15. The molecule has 0 atom stereocenters. The van der Waals surface area contributed by atoms with Crippen molar-refractivity contribution in [1.82, 2.24) is 24.8 Å². The zero-order chi connectivity index (χ0) is 18.8. The molecule has 1 aliphatic heterocycles. The fourth-order valence-electron chi connectivity index (χ4n) is 3.22. The van der Waals surface area contributed by atoms with Crippen LogP contribution in [0.1, 0.15) is 16.7 Å². The quantitative estimate of drug-likeness (QED) is 0.763. The van der Waals surface area contributed by atoms with Crippen LogP contribution in [0.2, 0.25) is 0 Å². The van der Waals surface area contributed by atoms with Crippen LogP contribution in [-0.2, 0) is 6.54 Å². The average Bonchev–Trinajstić information content (AvgIpc) is 2.69. The van der Waals surface area contributed by atoms with Crippen LogP contribution in [0.15, 0.2) is 30.6 Å². The second kappa shape index (κ2) is 7.44. The van der Waals surface area contributed by atoms with E-state index in [1.54, 1.807) is 12.4 Å². The monoisotopic (exact) mass is 363 g/mol. The topological polar surface area (TPSA) is 70.1 Å². The first-order valence-corrected chi connectivity index (χ1v) is 9.32. The van der Waals surface area contributed by atoms with Crippen molar-refractivity contribution in [2.45, 2.75) is 20.4 Å². The van der Waals surface area contributed by atoms with E-state index < -0.39 is 0 Å². The highest BCUT2D eigenvalue weighted by Crippen LogP contribution is 2.22. The third-order valence-corrected chi connectivity index (χ3v) is 5.14. The molecule has 1 aromatic carbocycles. The van der Waals surface area contributed by atoms with Crippen molar-refractivity contribution >= 4 is 22.9 Å². The minimum absolute atomic E-state index is 0.629. The number of aryl methyl sites for hydroxylation is 2. The Labute approximate surface area is 159 Å². The number of fused-ring (bicyclic) bond motifs is 1. The first-order valence-electron chi connectivity index (χ1n) is 9.32. The fraction of sp³-hybridized carbons (Fsp3) is 0.400. The van der Waals surface area contributed by atoms with Crippen molar-refractivity contribution in [2.24, 2.45) is 0 Å². The SMILES string of the molecule is Cc1ccc(CNc2nc(N3CCN(C)CC3)nc3nccnc23)cc1C. The summed E-state index contributed by atoms with van der Waals surface area (Å²) in [7, 11) is 2.14. The summed E-state index contributed by atoms with van der Waals surface area (Å²) in [4.78, 5) is 22.8. The van der Waals surface area contributed by atoms with E-state index in [4.69, 9.17) is 4.98 Å². The van der Waals surface area contributed by atoms with Gasteiger partial charge in [0.05, 0.1) is 0 Å². The highest BCUT2D eigenvalue weighted by molar-refractivity contribution is 5.83. The predicted molar refractivity (Wildman–Crippen MR) is 108 cm³/mol. The van der Waals surface area contributed by atoms with Crippen molar-refractivity contribution in [3.63, 3.8) is 0 Å². The van der Waals surface area contributed by atoms with Gasteiger partial charge in [-0.2, -0.15) is 9.97 Å². The number of piperazine rings is 1. The van der Waals surface area contributed by atoms with Crippen LogP contribution in [0, 0.1) is 13.8 Å². The molecule has 0 amide bonds. The van der Waals surface area contributed by atoms with Crippen LogP contribution in [0.5, 0.6) is 0 Å². The molecule has 0 spiro atoms. The first kappa shape index (κ1) is 17.6. The van der Waals surface area contributed by atoms with E-state index in [0.29, 0.717) is 17.7 Å². The first-order chi connectivity index (χ1) is 13.1. The number of hydrogen-bond acceptors (Lipinski definition) is 7. The Balaban J connectivity index is 1.62. The fourth-order valence-corrected chi connectivity index (χ4v) is 3.22. The van der Waals surface area contributed by atoms with Gasteiger partial charge in [0.15, 0.2) is 17.0 Å². The van der Waals surface area contributed by atoms with Crippen LogP contribution >= 0.6 is 0 Å². The Bertz CT molecular complexity index is 948. The predicted octanol–water partition coefficient (Wildman–Crippen LogP) is 2.40. The van der Waals surface area contributed by atoms with E-state index in [1.807, 2.05) is 0 Å². The van der Waals surface area contributed by atoms with E-state index in [9.17, 15) is 0 Å². The Morgan fingerprint density at radius 1 is 0.963 bits per heavy atom. The zero-order valence-electron chi connectivity index (χ0n) is 16.1. The molecule has 1 aliphatic rings. The molecule has 7 heteroatoms. The second-order valence-corrected chi connectivity index (χ2v) is 7.16. The Hall–Kier alpha value is -2.80. The lowest BCUT2D eigenvalue weighted by molar-refractivity contribution is 0.311. The van der Waals surface area contributed by atoms with Gasteiger partial charge in [-0.1, -0.05) is 18.2 Å². The second-order valence-electron chi connectivity index (χ2n) is 7.16. The number of rotatable bonds is 4. The molecule has 0 unspecified atom stereocenters. The molecule has 2 aromatic heterocycles. The van der Waals surface area contributed by atoms with Crippen LogP contribution in [-0.4, -0.2) is 58.1 Å². The van der Waals surface area contributed by atoms with Crippen molar-refractivity contribution in [3.05, 3.63) is 47.3 Å². The summed E-state index contributed by atoms with van der Waals surface area (Å²) in [6, 6.07) is 6.50. The molecule has 3 heterocycles. The van der Waals surface area contributed by atoms with Gasteiger partial charge >= 0.3 is 0 Å². The summed E-state index contributed by atoms with van der Waals surface area (Å²) >= 11 is 0. The van der Waals surface area contributed by atoms with E-state index in [-0.39, 0.29) is 0 Å². The van der Waals surface area contributed by atoms with Crippen molar-refractivity contribution in [3.8, 4) is 0 Å². The molecule has 7 nitrogen and oxygen atoms in total. The molecule has 0 bridgehead atoms. The molecular weight excluding hydrogens is 338 g/mol. The molecule has 0 saturated carbocycles. The van der Waals surface area contributed by atoms with Gasteiger partial charge in [-0.25, -0.2) is 9.97 Å². The maximum absolute atomic E-state index is 4.79. The lowest BCUT2D eigenvalue weighted by atomic mass is 10.1. The van der Waals surface area contributed by atoms with Crippen LogP contribution < -0.4 is 10.2 Å². The summed E-state index contributed by atoms with van der Waals surface area (Å²) in [6.07, 6.45) is 3.36. The Kier molecular flexibility index (Phi) is 4.85. The molecular formula is C20H25N7. The van der Waals surface area contributed by atoms with E-state index in [1.165, 1.54) is 16.7 Å². The minimum atomic E-state index is 0.629. The Morgan fingerprint density at radius 3 is 2.52 bits per heavy atom. The molecule has 1 saturated heterocycles. The summed E-state index contributed by atoms with van der Waals surface area (Å²) in [6.45, 7) is 8.79. The molecule has 27 heavy (non-hydrogen) atoms. The maximum Gasteiger partial charge on any atom is 0.229 e. The average molecular weight is 363 g/mol. The standard InChI is InChI=1S/C20H25N7/c1-14-4-5-16(12-15(14)2)13-23-19-17-18(22-7-6-21-17)24-20(25-19)27-10-8-26(3)9-11-27/h4-7,12H,8-11,13H2,1-3H3,(H,22,23,24,25). The normalized spacial score (nSPS) is 15.3. The molecule has 1 N–H and O–H groups in total. The number of benzene rings is 1. The highest BCUT2D eigenvalue weighted by atomic mass is 15.3. The van der Waals surface area contributed by atoms with Gasteiger partial charge in [-0.15, -0.1) is 0 Å². The van der Waals surface area contributed by atoms with Gasteiger partial charge in [0, 0.05) is 45.1 Å². The van der Waals surface area contributed by atoms with Gasteiger partial charge in [0.2, 0.25) is 5.95 Å². The molecule has 1 fully saturated rings. The maximum atomic E-state index is 4.79. The van der Waals surface area contributed by atoms with Crippen LogP contribution in [0.4, 0.5) is 11.8 Å². The number of nitrogens with zero attached hydrogens (tertiary/aromatic N) is 6. The number of anilines is 2. The van der Waals surface area contributed by atoms with Gasteiger partial charge < -0.3 is 15.1 Å².